The Labute approximate surface area is 172 Å². The van der Waals surface area contributed by atoms with Crippen LogP contribution in [0.5, 0.6) is 0 Å². The summed E-state index contributed by atoms with van der Waals surface area (Å²) >= 11 is 6.16. The van der Waals surface area contributed by atoms with E-state index in [1.807, 2.05) is 24.6 Å². The number of aromatic nitrogens is 4. The van der Waals surface area contributed by atoms with Gasteiger partial charge in [-0.25, -0.2) is 17.8 Å². The molecule has 0 spiro atoms. The fourth-order valence-corrected chi connectivity index (χ4v) is 3.28. The lowest BCUT2D eigenvalue weighted by Gasteiger charge is -2.14. The summed E-state index contributed by atoms with van der Waals surface area (Å²) in [7, 11) is -3.70. The van der Waals surface area contributed by atoms with Gasteiger partial charge in [0.1, 0.15) is 16.5 Å². The summed E-state index contributed by atoms with van der Waals surface area (Å²) in [5, 5.41) is 10.4. The summed E-state index contributed by atoms with van der Waals surface area (Å²) < 4.78 is 41.2. The molecule has 0 saturated carbocycles. The molecule has 0 radical (unpaired) electrons. The van der Waals surface area contributed by atoms with E-state index >= 15 is 0 Å². The lowest BCUT2D eigenvalue weighted by atomic mass is 10.2. The minimum Gasteiger partial charge on any atom is -0.337 e. The molecule has 3 N–H and O–H groups in total. The molecular formula is C17H19ClFN7O2S. The Morgan fingerprint density at radius 1 is 1.28 bits per heavy atom. The van der Waals surface area contributed by atoms with Gasteiger partial charge in [-0.1, -0.05) is 17.7 Å². The van der Waals surface area contributed by atoms with Crippen LogP contribution in [0.4, 0.5) is 33.3 Å². The largest absolute Gasteiger partial charge is 0.337 e. The lowest BCUT2D eigenvalue weighted by molar-refractivity contribution is 0.604. The van der Waals surface area contributed by atoms with Crippen molar-refractivity contribution < 1.29 is 12.8 Å². The average Bonchev–Trinajstić information content (AvgIpc) is 2.99. The molecule has 1 aromatic carbocycles. The van der Waals surface area contributed by atoms with Crippen molar-refractivity contribution in [2.24, 2.45) is 0 Å². The molecule has 2 heterocycles. The maximum Gasteiger partial charge on any atom is 0.230 e. The summed E-state index contributed by atoms with van der Waals surface area (Å²) in [5.74, 6) is 0.192. The van der Waals surface area contributed by atoms with Crippen LogP contribution in [0.3, 0.4) is 0 Å². The number of hydrogen-bond donors (Lipinski definition) is 3. The SMILES string of the molecule is CCn1nc(Nc2ncc(Cl)c(Nc3cccc(F)c3NS(C)(=O)=O)n2)cc1C. The van der Waals surface area contributed by atoms with Crippen molar-refractivity contribution >= 4 is 50.6 Å². The molecule has 2 aromatic heterocycles. The molecule has 3 aromatic rings. The van der Waals surface area contributed by atoms with E-state index in [1.165, 1.54) is 18.3 Å². The van der Waals surface area contributed by atoms with Crippen molar-refractivity contribution in [2.45, 2.75) is 20.4 Å². The Bertz CT molecular complexity index is 1150. The van der Waals surface area contributed by atoms with E-state index in [2.05, 4.69) is 30.4 Å². The van der Waals surface area contributed by atoms with Crippen molar-refractivity contribution in [3.63, 3.8) is 0 Å². The number of rotatable bonds is 7. The Kier molecular flexibility index (Phi) is 5.89. The van der Waals surface area contributed by atoms with Crippen LogP contribution >= 0.6 is 11.6 Å². The molecule has 0 aliphatic rings. The molecule has 0 amide bonds. The normalized spacial score (nSPS) is 11.3. The highest BCUT2D eigenvalue weighted by Gasteiger charge is 2.15. The van der Waals surface area contributed by atoms with Crippen LogP contribution < -0.4 is 15.4 Å². The van der Waals surface area contributed by atoms with Crippen LogP contribution in [-0.4, -0.2) is 34.4 Å². The predicted molar refractivity (Wildman–Crippen MR) is 111 cm³/mol. The van der Waals surface area contributed by atoms with Gasteiger partial charge in [0.05, 0.1) is 18.1 Å². The number of benzene rings is 1. The van der Waals surface area contributed by atoms with Gasteiger partial charge < -0.3 is 10.6 Å². The number of sulfonamides is 1. The van der Waals surface area contributed by atoms with Gasteiger partial charge in [0.2, 0.25) is 16.0 Å². The minimum absolute atomic E-state index is 0.146. The molecule has 0 atom stereocenters. The highest BCUT2D eigenvalue weighted by atomic mass is 35.5. The van der Waals surface area contributed by atoms with E-state index in [1.54, 1.807) is 0 Å². The van der Waals surface area contributed by atoms with Crippen LogP contribution in [0.2, 0.25) is 5.02 Å². The number of para-hydroxylation sites is 1. The van der Waals surface area contributed by atoms with E-state index in [0.717, 1.165) is 24.6 Å². The molecule has 154 valence electrons. The first-order chi connectivity index (χ1) is 13.7. The van der Waals surface area contributed by atoms with Crippen molar-refractivity contribution in [1.82, 2.24) is 19.7 Å². The summed E-state index contributed by atoms with van der Waals surface area (Å²) in [5.41, 5.74) is 0.878. The number of aryl methyl sites for hydroxylation is 2. The molecule has 0 saturated heterocycles. The zero-order valence-corrected chi connectivity index (χ0v) is 17.4. The van der Waals surface area contributed by atoms with Gasteiger partial charge in [0, 0.05) is 18.3 Å². The first kappa shape index (κ1) is 20.8. The van der Waals surface area contributed by atoms with Crippen LogP contribution in [0.25, 0.3) is 0 Å². The van der Waals surface area contributed by atoms with Crippen molar-refractivity contribution in [3.8, 4) is 0 Å². The molecule has 3 rings (SSSR count). The van der Waals surface area contributed by atoms with Crippen molar-refractivity contribution in [3.05, 3.63) is 47.0 Å². The van der Waals surface area contributed by atoms with Crippen LogP contribution in [0, 0.1) is 12.7 Å². The summed E-state index contributed by atoms with van der Waals surface area (Å²) in [6, 6.07) is 5.91. The summed E-state index contributed by atoms with van der Waals surface area (Å²) in [4.78, 5) is 8.39. The number of halogens is 2. The molecule has 0 bridgehead atoms. The van der Waals surface area contributed by atoms with Crippen LogP contribution in [0.1, 0.15) is 12.6 Å². The third-order valence-corrected chi connectivity index (χ3v) is 4.67. The number of anilines is 5. The number of nitrogens with one attached hydrogen (secondary N) is 3. The van der Waals surface area contributed by atoms with Crippen LogP contribution in [-0.2, 0) is 16.6 Å². The topological polar surface area (TPSA) is 114 Å². The van der Waals surface area contributed by atoms with Gasteiger partial charge in [-0.05, 0) is 26.0 Å². The van der Waals surface area contributed by atoms with Crippen molar-refractivity contribution in [1.29, 1.82) is 0 Å². The van der Waals surface area contributed by atoms with Gasteiger partial charge in [-0.15, -0.1) is 0 Å². The molecule has 9 nitrogen and oxygen atoms in total. The highest BCUT2D eigenvalue weighted by molar-refractivity contribution is 7.92. The second kappa shape index (κ2) is 8.21. The lowest BCUT2D eigenvalue weighted by Crippen LogP contribution is -2.13. The third kappa shape index (κ3) is 5.12. The summed E-state index contributed by atoms with van der Waals surface area (Å²) in [6.07, 6.45) is 2.30. The van der Waals surface area contributed by atoms with Gasteiger partial charge in [0.15, 0.2) is 11.6 Å². The average molecular weight is 440 g/mol. The maximum atomic E-state index is 14.2. The van der Waals surface area contributed by atoms with Gasteiger partial charge >= 0.3 is 0 Å². The highest BCUT2D eigenvalue weighted by Crippen LogP contribution is 2.31. The van der Waals surface area contributed by atoms with Gasteiger partial charge in [-0.3, -0.25) is 9.40 Å². The van der Waals surface area contributed by atoms with Gasteiger partial charge in [-0.2, -0.15) is 10.1 Å². The minimum atomic E-state index is -3.70. The fourth-order valence-electron chi connectivity index (χ4n) is 2.57. The Hall–Kier alpha value is -2.92. The molecule has 0 aliphatic carbocycles. The molecule has 0 fully saturated rings. The van der Waals surface area contributed by atoms with E-state index in [4.69, 9.17) is 11.6 Å². The molecule has 0 aliphatic heterocycles. The Morgan fingerprint density at radius 2 is 2.03 bits per heavy atom. The van der Waals surface area contributed by atoms with Crippen LogP contribution in [0.15, 0.2) is 30.5 Å². The van der Waals surface area contributed by atoms with Crippen molar-refractivity contribution in [2.75, 3.05) is 21.6 Å². The standard InChI is InChI=1S/C17H19ClFN7O2S/c1-4-26-10(2)8-14(24-26)22-17-20-9-11(18)16(23-17)21-13-7-5-6-12(19)15(13)25-29(3,27)28/h5-9,25H,4H2,1-3H3,(H2,20,21,22,23,24). The predicted octanol–water partition coefficient (Wildman–Crippen LogP) is 3.65. The second-order valence-corrected chi connectivity index (χ2v) is 8.32. The van der Waals surface area contributed by atoms with E-state index < -0.39 is 15.8 Å². The first-order valence-corrected chi connectivity index (χ1v) is 10.8. The smallest absolute Gasteiger partial charge is 0.230 e. The number of nitrogens with zero attached hydrogens (tertiary/aromatic N) is 4. The number of hydrogen-bond acceptors (Lipinski definition) is 7. The Balaban J connectivity index is 1.90. The quantitative estimate of drug-likeness (QED) is 0.514. The molecule has 0 unspecified atom stereocenters. The Morgan fingerprint density at radius 3 is 2.69 bits per heavy atom. The van der Waals surface area contributed by atoms with E-state index in [-0.39, 0.29) is 28.2 Å². The monoisotopic (exact) mass is 439 g/mol. The zero-order chi connectivity index (χ0) is 21.2. The molecule has 12 heteroatoms. The third-order valence-electron chi connectivity index (χ3n) is 3.82. The maximum absolute atomic E-state index is 14.2. The molecular weight excluding hydrogens is 421 g/mol. The van der Waals surface area contributed by atoms with E-state index in [0.29, 0.717) is 5.82 Å². The summed E-state index contributed by atoms with van der Waals surface area (Å²) in [6.45, 7) is 4.63. The fraction of sp³-hybridized carbons (Fsp3) is 0.235. The second-order valence-electron chi connectivity index (χ2n) is 6.16. The molecule has 29 heavy (non-hydrogen) atoms. The first-order valence-electron chi connectivity index (χ1n) is 8.53. The van der Waals surface area contributed by atoms with E-state index in [9.17, 15) is 12.8 Å². The zero-order valence-electron chi connectivity index (χ0n) is 15.9. The van der Waals surface area contributed by atoms with Gasteiger partial charge in [0.25, 0.3) is 0 Å².